The highest BCUT2D eigenvalue weighted by Crippen LogP contribution is 2.16. The van der Waals surface area contributed by atoms with Gasteiger partial charge in [0.2, 0.25) is 0 Å². The molecule has 3 nitrogen and oxygen atoms in total. The Labute approximate surface area is 103 Å². The minimum atomic E-state index is -0.458. The summed E-state index contributed by atoms with van der Waals surface area (Å²) in [7, 11) is 0. The highest BCUT2D eigenvalue weighted by molar-refractivity contribution is 5.70. The number of nitrogens with zero attached hydrogens (tertiary/aromatic N) is 1. The average molecular weight is 243 g/mol. The van der Waals surface area contributed by atoms with Gasteiger partial charge >= 0.3 is 0 Å². The number of nitro groups is 1. The van der Waals surface area contributed by atoms with E-state index in [0.29, 0.717) is 11.1 Å². The lowest BCUT2D eigenvalue weighted by Gasteiger charge is -1.96. The Hall–Kier alpha value is -2.49. The largest absolute Gasteiger partial charge is 0.270 e. The van der Waals surface area contributed by atoms with E-state index in [0.717, 1.165) is 0 Å². The van der Waals surface area contributed by atoms with Crippen molar-refractivity contribution in [3.05, 3.63) is 75.6 Å². The van der Waals surface area contributed by atoms with Gasteiger partial charge in [-0.25, -0.2) is 4.39 Å². The lowest BCUT2D eigenvalue weighted by atomic mass is 10.1. The minimum absolute atomic E-state index is 0.0192. The molecule has 0 fully saturated rings. The molecule has 18 heavy (non-hydrogen) atoms. The van der Waals surface area contributed by atoms with Crippen molar-refractivity contribution in [2.45, 2.75) is 0 Å². The van der Waals surface area contributed by atoms with E-state index in [1.54, 1.807) is 42.5 Å². The second-order valence-corrected chi connectivity index (χ2v) is 3.71. The molecule has 2 rings (SSSR count). The standard InChI is InChI=1S/C14H10FNO2/c15-14-7-2-1-5-12(14)9-8-11-4-3-6-13(10-11)16(17)18/h1-10H/b9-8-. The van der Waals surface area contributed by atoms with E-state index in [1.807, 2.05) is 0 Å². The molecule has 0 atom stereocenters. The van der Waals surface area contributed by atoms with Gasteiger partial charge in [0.05, 0.1) is 4.92 Å². The van der Waals surface area contributed by atoms with Crippen LogP contribution in [0.3, 0.4) is 0 Å². The quantitative estimate of drug-likeness (QED) is 0.466. The van der Waals surface area contributed by atoms with Crippen LogP contribution in [0.1, 0.15) is 11.1 Å². The first-order chi connectivity index (χ1) is 8.66. The number of halogens is 1. The molecule has 90 valence electrons. The number of benzene rings is 2. The van der Waals surface area contributed by atoms with Crippen molar-refractivity contribution in [3.63, 3.8) is 0 Å². The third kappa shape index (κ3) is 2.79. The molecule has 0 spiro atoms. The monoisotopic (exact) mass is 243 g/mol. The van der Waals surface area contributed by atoms with Gasteiger partial charge in [0.15, 0.2) is 0 Å². The van der Waals surface area contributed by atoms with Crippen molar-refractivity contribution in [2.75, 3.05) is 0 Å². The Kier molecular flexibility index (Phi) is 3.48. The Morgan fingerprint density at radius 3 is 2.56 bits per heavy atom. The first-order valence-corrected chi connectivity index (χ1v) is 5.34. The van der Waals surface area contributed by atoms with Gasteiger partial charge in [0.1, 0.15) is 5.82 Å². The van der Waals surface area contributed by atoms with Crippen LogP contribution in [0.15, 0.2) is 48.5 Å². The molecule has 0 aromatic heterocycles. The SMILES string of the molecule is O=[N+]([O-])c1cccc(/C=C\c2ccccc2F)c1. The number of rotatable bonds is 3. The van der Waals surface area contributed by atoms with Crippen molar-refractivity contribution in [1.29, 1.82) is 0 Å². The molecule has 2 aromatic rings. The Bertz CT molecular complexity index is 608. The van der Waals surface area contributed by atoms with Crippen molar-refractivity contribution in [2.24, 2.45) is 0 Å². The van der Waals surface area contributed by atoms with Gasteiger partial charge < -0.3 is 0 Å². The summed E-state index contributed by atoms with van der Waals surface area (Å²) in [6, 6.07) is 12.5. The molecule has 2 aromatic carbocycles. The van der Waals surface area contributed by atoms with E-state index in [9.17, 15) is 14.5 Å². The molecule has 0 bridgehead atoms. The van der Waals surface area contributed by atoms with Crippen LogP contribution in [-0.2, 0) is 0 Å². The summed E-state index contributed by atoms with van der Waals surface area (Å²) in [6.45, 7) is 0. The van der Waals surface area contributed by atoms with Crippen LogP contribution in [0.25, 0.3) is 12.2 Å². The van der Waals surface area contributed by atoms with Gasteiger partial charge in [-0.05, 0) is 11.6 Å². The normalized spacial score (nSPS) is 10.7. The van der Waals surface area contributed by atoms with Crippen LogP contribution >= 0.6 is 0 Å². The van der Waals surface area contributed by atoms with Crippen LogP contribution in [-0.4, -0.2) is 4.92 Å². The summed E-state index contributed by atoms with van der Waals surface area (Å²) < 4.78 is 13.3. The summed E-state index contributed by atoms with van der Waals surface area (Å²) in [5.41, 5.74) is 1.13. The Balaban J connectivity index is 2.27. The third-order valence-electron chi connectivity index (χ3n) is 2.44. The molecule has 0 aliphatic rings. The predicted molar refractivity (Wildman–Crippen MR) is 68.4 cm³/mol. The van der Waals surface area contributed by atoms with Crippen molar-refractivity contribution in [1.82, 2.24) is 0 Å². The van der Waals surface area contributed by atoms with E-state index in [-0.39, 0.29) is 11.5 Å². The van der Waals surface area contributed by atoms with E-state index in [4.69, 9.17) is 0 Å². The average Bonchev–Trinajstić information content (AvgIpc) is 2.38. The molecular weight excluding hydrogens is 233 g/mol. The molecule has 0 saturated heterocycles. The molecule has 0 amide bonds. The predicted octanol–water partition coefficient (Wildman–Crippen LogP) is 3.90. The van der Waals surface area contributed by atoms with E-state index < -0.39 is 4.92 Å². The van der Waals surface area contributed by atoms with Gasteiger partial charge in [-0.2, -0.15) is 0 Å². The van der Waals surface area contributed by atoms with Gasteiger partial charge in [0.25, 0.3) is 5.69 Å². The molecule has 0 heterocycles. The first kappa shape index (κ1) is 12.0. The molecule has 0 saturated carbocycles. The van der Waals surface area contributed by atoms with E-state index in [2.05, 4.69) is 0 Å². The topological polar surface area (TPSA) is 43.1 Å². The fourth-order valence-corrected chi connectivity index (χ4v) is 1.54. The zero-order valence-electron chi connectivity index (χ0n) is 9.42. The van der Waals surface area contributed by atoms with E-state index in [1.165, 1.54) is 18.2 Å². The lowest BCUT2D eigenvalue weighted by Crippen LogP contribution is -1.87. The number of non-ortho nitro benzene ring substituents is 1. The number of hydrogen-bond donors (Lipinski definition) is 0. The summed E-state index contributed by atoms with van der Waals surface area (Å²) in [5.74, 6) is -0.320. The summed E-state index contributed by atoms with van der Waals surface area (Å²) >= 11 is 0. The maximum Gasteiger partial charge on any atom is 0.270 e. The maximum atomic E-state index is 13.3. The summed E-state index contributed by atoms with van der Waals surface area (Å²) in [6.07, 6.45) is 3.24. The Morgan fingerprint density at radius 1 is 1.06 bits per heavy atom. The molecule has 0 N–H and O–H groups in total. The minimum Gasteiger partial charge on any atom is -0.258 e. The molecule has 0 radical (unpaired) electrons. The highest BCUT2D eigenvalue weighted by atomic mass is 19.1. The van der Waals surface area contributed by atoms with Crippen molar-refractivity contribution in [3.8, 4) is 0 Å². The maximum absolute atomic E-state index is 13.3. The summed E-state index contributed by atoms with van der Waals surface area (Å²) in [5, 5.41) is 10.6. The first-order valence-electron chi connectivity index (χ1n) is 5.34. The zero-order valence-corrected chi connectivity index (χ0v) is 9.42. The second-order valence-electron chi connectivity index (χ2n) is 3.71. The smallest absolute Gasteiger partial charge is 0.258 e. The van der Waals surface area contributed by atoms with Crippen LogP contribution in [0, 0.1) is 15.9 Å². The van der Waals surface area contributed by atoms with Gasteiger partial charge in [-0.15, -0.1) is 0 Å². The lowest BCUT2D eigenvalue weighted by molar-refractivity contribution is -0.384. The molecular formula is C14H10FNO2. The molecule has 0 aliphatic carbocycles. The van der Waals surface area contributed by atoms with Crippen LogP contribution in [0.4, 0.5) is 10.1 Å². The summed E-state index contributed by atoms with van der Waals surface area (Å²) in [4.78, 5) is 10.1. The van der Waals surface area contributed by atoms with Gasteiger partial charge in [-0.3, -0.25) is 10.1 Å². The molecule has 0 unspecified atom stereocenters. The van der Waals surface area contributed by atoms with Crippen LogP contribution in [0.2, 0.25) is 0 Å². The number of hydrogen-bond acceptors (Lipinski definition) is 2. The van der Waals surface area contributed by atoms with E-state index >= 15 is 0 Å². The number of nitro benzene ring substituents is 1. The fourth-order valence-electron chi connectivity index (χ4n) is 1.54. The molecule has 4 heteroatoms. The van der Waals surface area contributed by atoms with Crippen LogP contribution in [0.5, 0.6) is 0 Å². The molecule has 0 aliphatic heterocycles. The Morgan fingerprint density at radius 2 is 1.83 bits per heavy atom. The second kappa shape index (κ2) is 5.23. The third-order valence-corrected chi connectivity index (χ3v) is 2.44. The van der Waals surface area contributed by atoms with Gasteiger partial charge in [0, 0.05) is 17.7 Å². The van der Waals surface area contributed by atoms with Crippen LogP contribution < -0.4 is 0 Å². The zero-order chi connectivity index (χ0) is 13.0. The highest BCUT2D eigenvalue weighted by Gasteiger charge is 2.03. The van der Waals surface area contributed by atoms with Gasteiger partial charge in [-0.1, -0.05) is 42.5 Å². The fraction of sp³-hybridized carbons (Fsp3) is 0. The van der Waals surface area contributed by atoms with Crippen molar-refractivity contribution < 1.29 is 9.31 Å². The van der Waals surface area contributed by atoms with Crippen molar-refractivity contribution >= 4 is 17.8 Å².